The summed E-state index contributed by atoms with van der Waals surface area (Å²) in [6.45, 7) is 11.4. The van der Waals surface area contributed by atoms with Gasteiger partial charge in [-0.2, -0.15) is 4.31 Å². The highest BCUT2D eigenvalue weighted by Crippen LogP contribution is 2.38. The van der Waals surface area contributed by atoms with Crippen LogP contribution < -0.4 is 19.7 Å². The van der Waals surface area contributed by atoms with Crippen molar-refractivity contribution in [3.63, 3.8) is 0 Å². The van der Waals surface area contributed by atoms with Crippen LogP contribution >= 0.6 is 11.6 Å². The molecule has 18 nitrogen and oxygen atoms in total. The van der Waals surface area contributed by atoms with E-state index in [1.807, 2.05) is 62.4 Å². The van der Waals surface area contributed by atoms with Crippen molar-refractivity contribution in [3.8, 4) is 11.5 Å². The summed E-state index contributed by atoms with van der Waals surface area (Å²) in [4.78, 5) is 39.3. The zero-order chi connectivity index (χ0) is 58.3. The minimum atomic E-state index is -3.98. The summed E-state index contributed by atoms with van der Waals surface area (Å²) < 4.78 is 69.9. The molecule has 9 rings (SSSR count). The first-order valence-electron chi connectivity index (χ1n) is 27.9. The number of aromatic nitrogens is 5. The standard InChI is InChI=1S/C61H72ClN9O9S2/c1-40(2)81(75,76)56-15-11-10-14-46(56)32-52-51(62)36-64-58(65-52)30-44-17-21-49(22-18-44)70-27-25-69(26-28-70)39-59(72)63-24-12-8-7-9-13-43-19-23-57-54(29-43)80-42(4)37-71(82(57,77)78)38-48-31-45(20-16-41(48)3)50(35-60(73)74)47-33-53-61(55(34-47)79-6)68(5)67-66-53/h10-11,14-23,29,31,33-34,36,40,42,50H,7-9,12-13,24-28,30,32,35,37-39H2,1-6H3,(H,63,72)(H,73,74)/t42-,50?/m1/s1. The number of halogens is 1. The van der Waals surface area contributed by atoms with E-state index >= 15 is 0 Å². The molecule has 7 aromatic rings. The molecular formula is C61H72ClN9O9S2. The van der Waals surface area contributed by atoms with Gasteiger partial charge in [0.15, 0.2) is 9.84 Å². The number of methoxy groups -OCH3 is 1. The van der Waals surface area contributed by atoms with Crippen molar-refractivity contribution in [2.45, 2.75) is 113 Å². The number of nitrogens with one attached hydrogen (secondary N) is 1. The monoisotopic (exact) mass is 1170 g/mol. The normalized spacial score (nSPS) is 16.1. The third-order valence-electron chi connectivity index (χ3n) is 15.5. The number of aryl methyl sites for hydroxylation is 3. The zero-order valence-corrected chi connectivity index (χ0v) is 49.7. The highest BCUT2D eigenvalue weighted by molar-refractivity contribution is 7.92. The van der Waals surface area contributed by atoms with Crippen LogP contribution in [0.15, 0.2) is 113 Å². The number of anilines is 1. The van der Waals surface area contributed by atoms with Gasteiger partial charge in [-0.25, -0.2) is 31.5 Å². The maximum Gasteiger partial charge on any atom is 0.304 e. The van der Waals surface area contributed by atoms with E-state index in [0.717, 1.165) is 91.8 Å². The maximum atomic E-state index is 14.4. The second-order valence-electron chi connectivity index (χ2n) is 21.7. The van der Waals surface area contributed by atoms with Gasteiger partial charge in [-0.1, -0.05) is 84.3 Å². The van der Waals surface area contributed by atoms with Crippen molar-refractivity contribution in [2.24, 2.45) is 7.05 Å². The number of piperazine rings is 1. The highest BCUT2D eigenvalue weighted by Gasteiger charge is 2.35. The molecule has 21 heteroatoms. The molecule has 1 amide bonds. The molecular weight excluding hydrogens is 1100 g/mol. The number of sulfone groups is 1. The molecule has 1 unspecified atom stereocenters. The van der Waals surface area contributed by atoms with E-state index < -0.39 is 43.1 Å². The maximum absolute atomic E-state index is 14.4. The van der Waals surface area contributed by atoms with Gasteiger partial charge in [0.2, 0.25) is 15.9 Å². The molecule has 5 aromatic carbocycles. The van der Waals surface area contributed by atoms with Gasteiger partial charge in [0, 0.05) is 77.0 Å². The molecule has 2 aliphatic heterocycles. The average Bonchev–Trinajstić information content (AvgIpc) is 3.84. The molecule has 82 heavy (non-hydrogen) atoms. The predicted octanol–water partition coefficient (Wildman–Crippen LogP) is 8.71. The Kier molecular flexibility index (Phi) is 19.0. The molecule has 4 heterocycles. The summed E-state index contributed by atoms with van der Waals surface area (Å²) in [6, 6.07) is 30.0. The van der Waals surface area contributed by atoms with E-state index in [1.54, 1.807) is 63.1 Å². The molecule has 434 valence electrons. The number of rotatable bonds is 23. The Hall–Kier alpha value is -6.97. The Morgan fingerprint density at radius 1 is 0.890 bits per heavy atom. The topological polar surface area (TPSA) is 219 Å². The SMILES string of the molecule is COc1cc(C(CC(=O)O)c2ccc(C)c(CN3C[C@@H](C)Oc4cc(CCCCCCNC(=O)CN5CCN(c6ccc(Cc7ncc(Cl)c(Cc8ccccc8S(=O)(=O)C(C)C)n7)cc6)CC5)ccc4S3(=O)=O)c2)cc2nnn(C)c12. The lowest BCUT2D eigenvalue weighted by molar-refractivity contribution is -0.137. The van der Waals surface area contributed by atoms with Crippen molar-refractivity contribution in [1.82, 2.24) is 39.5 Å². The van der Waals surface area contributed by atoms with Gasteiger partial charge in [0.1, 0.15) is 39.4 Å². The summed E-state index contributed by atoms with van der Waals surface area (Å²) >= 11 is 6.53. The number of carbonyl (C=O) groups is 2. The number of hydrogen-bond donors (Lipinski definition) is 2. The van der Waals surface area contributed by atoms with Crippen LogP contribution in [0.2, 0.25) is 5.02 Å². The lowest BCUT2D eigenvalue weighted by Crippen LogP contribution is -2.49. The fourth-order valence-corrected chi connectivity index (χ4v) is 13.9. The number of nitrogens with zero attached hydrogens (tertiary/aromatic N) is 8. The van der Waals surface area contributed by atoms with Crippen LogP contribution in [-0.4, -0.2) is 132 Å². The summed E-state index contributed by atoms with van der Waals surface area (Å²) in [5, 5.41) is 21.3. The number of carboxylic acid groups (broad SMARTS) is 1. The molecule has 0 spiro atoms. The third kappa shape index (κ3) is 14.1. The number of fused-ring (bicyclic) bond motifs is 2. The Labute approximate surface area is 485 Å². The summed E-state index contributed by atoms with van der Waals surface area (Å²) in [5.41, 5.74) is 8.68. The quantitative estimate of drug-likeness (QED) is 0.0572. The van der Waals surface area contributed by atoms with Crippen LogP contribution in [-0.2, 0) is 62.3 Å². The molecule has 2 aromatic heterocycles. The lowest BCUT2D eigenvalue weighted by Gasteiger charge is -2.35. The zero-order valence-electron chi connectivity index (χ0n) is 47.3. The number of carbonyl (C=O) groups excluding carboxylic acids is 1. The van der Waals surface area contributed by atoms with Crippen molar-refractivity contribution >= 4 is 60.1 Å². The number of unbranched alkanes of at least 4 members (excludes halogenated alkanes) is 3. The van der Waals surface area contributed by atoms with Gasteiger partial charge in [-0.15, -0.1) is 5.10 Å². The van der Waals surface area contributed by atoms with Gasteiger partial charge in [0.25, 0.3) is 0 Å². The van der Waals surface area contributed by atoms with Gasteiger partial charge in [0.05, 0.1) is 47.5 Å². The molecule has 2 aliphatic rings. The van der Waals surface area contributed by atoms with Gasteiger partial charge in [-0.3, -0.25) is 14.5 Å². The molecule has 1 saturated heterocycles. The van der Waals surface area contributed by atoms with Crippen LogP contribution in [0.5, 0.6) is 11.5 Å². The van der Waals surface area contributed by atoms with E-state index in [1.165, 1.54) is 4.31 Å². The first-order chi connectivity index (χ1) is 39.3. The second-order valence-corrected chi connectivity index (χ2v) is 26.5. The number of ether oxygens (including phenoxy) is 2. The smallest absolute Gasteiger partial charge is 0.304 e. The first kappa shape index (κ1) is 59.6. The highest BCUT2D eigenvalue weighted by atomic mass is 35.5. The van der Waals surface area contributed by atoms with Crippen LogP contribution in [0.25, 0.3) is 11.0 Å². The number of benzene rings is 5. The van der Waals surface area contributed by atoms with Crippen molar-refractivity contribution < 1.29 is 41.0 Å². The van der Waals surface area contributed by atoms with Crippen molar-refractivity contribution in [2.75, 3.05) is 57.8 Å². The molecule has 0 aliphatic carbocycles. The van der Waals surface area contributed by atoms with E-state index in [9.17, 15) is 31.5 Å². The number of aliphatic carboxylic acids is 1. The Morgan fingerprint density at radius 2 is 1.63 bits per heavy atom. The number of amides is 1. The van der Waals surface area contributed by atoms with Crippen LogP contribution in [0.4, 0.5) is 5.69 Å². The fraction of sp³-hybridized carbons (Fsp3) is 0.410. The number of carboxylic acids is 1. The summed E-state index contributed by atoms with van der Waals surface area (Å²) in [5.74, 6) is -0.0759. The van der Waals surface area contributed by atoms with Crippen LogP contribution in [0.1, 0.15) is 109 Å². The van der Waals surface area contributed by atoms with Crippen molar-refractivity contribution in [1.29, 1.82) is 0 Å². The average molecular weight is 1170 g/mol. The molecule has 0 saturated carbocycles. The van der Waals surface area contributed by atoms with E-state index in [-0.39, 0.29) is 36.7 Å². The lowest BCUT2D eigenvalue weighted by atomic mass is 9.86. The molecule has 0 bridgehead atoms. The molecule has 2 N–H and O–H groups in total. The van der Waals surface area contributed by atoms with E-state index in [4.69, 9.17) is 26.1 Å². The largest absolute Gasteiger partial charge is 0.494 e. The fourth-order valence-electron chi connectivity index (χ4n) is 10.8. The van der Waals surface area contributed by atoms with Crippen molar-refractivity contribution in [3.05, 3.63) is 159 Å². The predicted molar refractivity (Wildman–Crippen MR) is 316 cm³/mol. The van der Waals surface area contributed by atoms with Crippen LogP contribution in [0, 0.1) is 6.92 Å². The van der Waals surface area contributed by atoms with Gasteiger partial charge < -0.3 is 24.8 Å². The molecule has 2 atom stereocenters. The van der Waals surface area contributed by atoms with Gasteiger partial charge in [-0.05, 0) is 128 Å². The minimum Gasteiger partial charge on any atom is -0.494 e. The Balaban J connectivity index is 0.701. The molecule has 0 radical (unpaired) electrons. The molecule has 1 fully saturated rings. The first-order valence-corrected chi connectivity index (χ1v) is 31.3. The summed E-state index contributed by atoms with van der Waals surface area (Å²) in [6.07, 6.45) is 6.11. The minimum absolute atomic E-state index is 0.0189. The Morgan fingerprint density at radius 3 is 2.38 bits per heavy atom. The van der Waals surface area contributed by atoms with E-state index in [0.29, 0.717) is 74.6 Å². The summed E-state index contributed by atoms with van der Waals surface area (Å²) in [7, 11) is -4.16. The van der Waals surface area contributed by atoms with E-state index in [2.05, 4.69) is 54.7 Å². The Bertz CT molecular complexity index is 3670. The number of hydrogen-bond acceptors (Lipinski definition) is 14. The van der Waals surface area contributed by atoms with Gasteiger partial charge >= 0.3 is 5.97 Å². The number of sulfonamides is 1. The second kappa shape index (κ2) is 26.1. The van der Waals surface area contributed by atoms with Crippen LogP contribution in [0.3, 0.4) is 0 Å². The third-order valence-corrected chi connectivity index (χ3v) is 19.9.